The quantitative estimate of drug-likeness (QED) is 0.809. The molecule has 0 amide bonds. The van der Waals surface area contributed by atoms with Crippen molar-refractivity contribution in [1.29, 1.82) is 0 Å². The Kier molecular flexibility index (Phi) is 4.90. The summed E-state index contributed by atoms with van der Waals surface area (Å²) in [6.45, 7) is 5.40. The van der Waals surface area contributed by atoms with E-state index in [1.54, 1.807) is 0 Å². The molecule has 0 heterocycles. The molecule has 100 valence electrons. The lowest BCUT2D eigenvalue weighted by Gasteiger charge is -2.26. The van der Waals surface area contributed by atoms with Gasteiger partial charge in [0, 0.05) is 11.1 Å². The highest BCUT2D eigenvalue weighted by atomic mass is 35.5. The van der Waals surface area contributed by atoms with Gasteiger partial charge in [-0.2, -0.15) is 0 Å². The van der Waals surface area contributed by atoms with E-state index in [4.69, 9.17) is 16.3 Å². The van der Waals surface area contributed by atoms with Crippen LogP contribution in [0.15, 0.2) is 24.3 Å². The molecule has 1 fully saturated rings. The first kappa shape index (κ1) is 13.7. The summed E-state index contributed by atoms with van der Waals surface area (Å²) in [6, 6.07) is 8.10. The third-order valence-electron chi connectivity index (χ3n) is 3.38. The zero-order chi connectivity index (χ0) is 13.0. The van der Waals surface area contributed by atoms with Gasteiger partial charge < -0.3 is 10.1 Å². The van der Waals surface area contributed by atoms with E-state index < -0.39 is 0 Å². The Morgan fingerprint density at radius 2 is 2.22 bits per heavy atom. The number of rotatable bonds is 7. The van der Waals surface area contributed by atoms with Crippen LogP contribution in [0.1, 0.15) is 33.1 Å². The van der Waals surface area contributed by atoms with E-state index in [2.05, 4.69) is 19.2 Å². The second-order valence-corrected chi connectivity index (χ2v) is 5.53. The number of halogens is 1. The smallest absolute Gasteiger partial charge is 0.121 e. The minimum absolute atomic E-state index is 0.183. The Morgan fingerprint density at radius 1 is 1.44 bits per heavy atom. The maximum atomic E-state index is 6.01. The summed E-state index contributed by atoms with van der Waals surface area (Å²) in [5.41, 5.74) is 0. The number of hydrogen-bond acceptors (Lipinski definition) is 2. The van der Waals surface area contributed by atoms with Gasteiger partial charge in [-0.15, -0.1) is 0 Å². The van der Waals surface area contributed by atoms with Crippen molar-refractivity contribution >= 4 is 11.6 Å². The van der Waals surface area contributed by atoms with E-state index in [9.17, 15) is 0 Å². The minimum Gasteiger partial charge on any atom is -0.489 e. The topological polar surface area (TPSA) is 21.3 Å². The lowest BCUT2D eigenvalue weighted by molar-refractivity contribution is 0.158. The molecule has 0 aliphatic heterocycles. The lowest BCUT2D eigenvalue weighted by atomic mass is 10.1. The van der Waals surface area contributed by atoms with Gasteiger partial charge in [-0.3, -0.25) is 0 Å². The molecule has 1 N–H and O–H groups in total. The molecule has 1 aliphatic rings. The molecule has 2 unspecified atom stereocenters. The first-order chi connectivity index (χ1) is 8.70. The van der Waals surface area contributed by atoms with Gasteiger partial charge in [0.1, 0.15) is 11.9 Å². The predicted molar refractivity (Wildman–Crippen MR) is 76.3 cm³/mol. The molecule has 18 heavy (non-hydrogen) atoms. The molecule has 0 aromatic heterocycles. The van der Waals surface area contributed by atoms with Crippen LogP contribution in [0.25, 0.3) is 0 Å². The zero-order valence-corrected chi connectivity index (χ0v) is 11.9. The zero-order valence-electron chi connectivity index (χ0n) is 11.2. The van der Waals surface area contributed by atoms with E-state index in [-0.39, 0.29) is 6.10 Å². The number of nitrogens with one attached hydrogen (secondary N) is 1. The molecule has 2 atom stereocenters. The van der Waals surface area contributed by atoms with E-state index in [1.807, 2.05) is 24.3 Å². The van der Waals surface area contributed by atoms with E-state index >= 15 is 0 Å². The Balaban J connectivity index is 1.93. The van der Waals surface area contributed by atoms with Crippen LogP contribution in [0, 0.1) is 5.92 Å². The average Bonchev–Trinajstić information content (AvgIpc) is 3.14. The molecular formula is C15H22ClNO. The van der Waals surface area contributed by atoms with Gasteiger partial charge >= 0.3 is 0 Å². The van der Waals surface area contributed by atoms with Crippen molar-refractivity contribution in [3.8, 4) is 5.75 Å². The van der Waals surface area contributed by atoms with Crippen molar-refractivity contribution in [3.63, 3.8) is 0 Å². The monoisotopic (exact) mass is 267 g/mol. The average molecular weight is 268 g/mol. The van der Waals surface area contributed by atoms with Gasteiger partial charge in [-0.1, -0.05) is 24.6 Å². The van der Waals surface area contributed by atoms with Gasteiger partial charge in [0.2, 0.25) is 0 Å². The van der Waals surface area contributed by atoms with Gasteiger partial charge in [-0.25, -0.2) is 0 Å². The summed E-state index contributed by atoms with van der Waals surface area (Å²) in [7, 11) is 0. The fourth-order valence-electron chi connectivity index (χ4n) is 2.31. The van der Waals surface area contributed by atoms with Gasteiger partial charge in [0.05, 0.1) is 0 Å². The standard InChI is InChI=1S/C15H22ClNO/c1-3-9-17-15(12-7-8-12)11(2)18-14-6-4-5-13(16)10-14/h4-6,10-12,15,17H,3,7-9H2,1-2H3. The maximum absolute atomic E-state index is 6.01. The third kappa shape index (κ3) is 3.89. The van der Waals surface area contributed by atoms with Crippen LogP contribution in [0.4, 0.5) is 0 Å². The van der Waals surface area contributed by atoms with Crippen LogP contribution in [-0.2, 0) is 0 Å². The van der Waals surface area contributed by atoms with Crippen molar-refractivity contribution in [2.75, 3.05) is 6.54 Å². The summed E-state index contributed by atoms with van der Waals surface area (Å²) in [5, 5.41) is 4.33. The Labute approximate surface area is 115 Å². The highest BCUT2D eigenvalue weighted by Crippen LogP contribution is 2.35. The number of hydrogen-bond donors (Lipinski definition) is 1. The summed E-state index contributed by atoms with van der Waals surface area (Å²) in [6.07, 6.45) is 3.99. The Bertz CT molecular complexity index is 379. The number of ether oxygens (including phenoxy) is 1. The fraction of sp³-hybridized carbons (Fsp3) is 0.600. The minimum atomic E-state index is 0.183. The van der Waals surface area contributed by atoms with Crippen LogP contribution in [0.3, 0.4) is 0 Å². The molecule has 0 radical (unpaired) electrons. The first-order valence-corrected chi connectivity index (χ1v) is 7.24. The maximum Gasteiger partial charge on any atom is 0.121 e. The molecule has 1 aliphatic carbocycles. The van der Waals surface area contributed by atoms with E-state index in [0.717, 1.165) is 29.7 Å². The van der Waals surface area contributed by atoms with Crippen LogP contribution in [-0.4, -0.2) is 18.7 Å². The molecule has 1 saturated carbocycles. The largest absolute Gasteiger partial charge is 0.489 e. The van der Waals surface area contributed by atoms with Crippen molar-refractivity contribution in [1.82, 2.24) is 5.32 Å². The molecule has 2 rings (SSSR count). The molecule has 0 spiro atoms. The molecule has 0 bridgehead atoms. The summed E-state index contributed by atoms with van der Waals surface area (Å²) in [4.78, 5) is 0. The second-order valence-electron chi connectivity index (χ2n) is 5.10. The van der Waals surface area contributed by atoms with Crippen LogP contribution < -0.4 is 10.1 Å². The summed E-state index contributed by atoms with van der Waals surface area (Å²) >= 11 is 5.97. The number of benzene rings is 1. The summed E-state index contributed by atoms with van der Waals surface area (Å²) < 4.78 is 6.01. The Hall–Kier alpha value is -0.730. The van der Waals surface area contributed by atoms with Crippen molar-refractivity contribution in [2.45, 2.75) is 45.3 Å². The van der Waals surface area contributed by atoms with Crippen molar-refractivity contribution < 1.29 is 4.74 Å². The SMILES string of the molecule is CCCNC(C1CC1)C(C)Oc1cccc(Cl)c1. The third-order valence-corrected chi connectivity index (χ3v) is 3.62. The van der Waals surface area contributed by atoms with Crippen LogP contribution in [0.5, 0.6) is 5.75 Å². The van der Waals surface area contributed by atoms with Crippen molar-refractivity contribution in [2.24, 2.45) is 5.92 Å². The van der Waals surface area contributed by atoms with Gasteiger partial charge in [-0.05, 0) is 56.8 Å². The van der Waals surface area contributed by atoms with Gasteiger partial charge in [0.15, 0.2) is 0 Å². The molecular weight excluding hydrogens is 246 g/mol. The molecule has 1 aromatic rings. The van der Waals surface area contributed by atoms with E-state index in [0.29, 0.717) is 6.04 Å². The highest BCUT2D eigenvalue weighted by Gasteiger charge is 2.35. The summed E-state index contributed by atoms with van der Waals surface area (Å²) in [5.74, 6) is 1.64. The van der Waals surface area contributed by atoms with Crippen molar-refractivity contribution in [3.05, 3.63) is 29.3 Å². The second kappa shape index (κ2) is 6.44. The van der Waals surface area contributed by atoms with Gasteiger partial charge in [0.25, 0.3) is 0 Å². The van der Waals surface area contributed by atoms with E-state index in [1.165, 1.54) is 12.8 Å². The predicted octanol–water partition coefficient (Wildman–Crippen LogP) is 3.89. The normalized spacial score (nSPS) is 18.4. The lowest BCUT2D eigenvalue weighted by Crippen LogP contribution is -2.43. The molecule has 1 aromatic carbocycles. The molecule has 3 heteroatoms. The first-order valence-electron chi connectivity index (χ1n) is 6.86. The molecule has 2 nitrogen and oxygen atoms in total. The highest BCUT2D eigenvalue weighted by molar-refractivity contribution is 6.30. The molecule has 0 saturated heterocycles. The fourth-order valence-corrected chi connectivity index (χ4v) is 2.49. The van der Waals surface area contributed by atoms with Crippen LogP contribution >= 0.6 is 11.6 Å². The Morgan fingerprint density at radius 3 is 2.83 bits per heavy atom. The van der Waals surface area contributed by atoms with Crippen LogP contribution in [0.2, 0.25) is 5.02 Å².